The van der Waals surface area contributed by atoms with Gasteiger partial charge in [-0.2, -0.15) is 0 Å². The molecule has 0 aliphatic heterocycles. The SMILES string of the molecule is c1ccc(-c2cccc3c2sc2ccc4c5ccccc5n(-c5cccc6ccccc56)c4c23)cc1. The maximum atomic E-state index is 2.50. The maximum Gasteiger partial charge on any atom is 0.0634 e. The first-order valence-electron chi connectivity index (χ1n) is 12.3. The van der Waals surface area contributed by atoms with Crippen molar-refractivity contribution in [3.63, 3.8) is 0 Å². The molecule has 0 aliphatic carbocycles. The minimum Gasteiger partial charge on any atom is -0.308 e. The van der Waals surface area contributed by atoms with Crippen LogP contribution in [0.1, 0.15) is 0 Å². The number of hydrogen-bond acceptors (Lipinski definition) is 1. The normalized spacial score (nSPS) is 11.9. The Morgan fingerprint density at radius 3 is 2.14 bits per heavy atom. The first kappa shape index (κ1) is 19.9. The molecular weight excluding hydrogens is 454 g/mol. The fraction of sp³-hybridized carbons (Fsp3) is 0. The Balaban J connectivity index is 1.60. The highest BCUT2D eigenvalue weighted by atomic mass is 32.1. The summed E-state index contributed by atoms with van der Waals surface area (Å²) in [7, 11) is 0. The fourth-order valence-electron chi connectivity index (χ4n) is 5.84. The van der Waals surface area contributed by atoms with Crippen molar-refractivity contribution in [2.45, 2.75) is 0 Å². The topological polar surface area (TPSA) is 4.93 Å². The predicted molar refractivity (Wildman–Crippen MR) is 157 cm³/mol. The first-order valence-corrected chi connectivity index (χ1v) is 13.1. The summed E-state index contributed by atoms with van der Waals surface area (Å²) < 4.78 is 5.17. The van der Waals surface area contributed by atoms with Gasteiger partial charge in [0.2, 0.25) is 0 Å². The quantitative estimate of drug-likeness (QED) is 0.234. The Bertz CT molecular complexity index is 2090. The summed E-state index contributed by atoms with van der Waals surface area (Å²) >= 11 is 1.90. The molecule has 2 aromatic heterocycles. The molecule has 0 saturated carbocycles. The van der Waals surface area contributed by atoms with Crippen LogP contribution in [0.2, 0.25) is 0 Å². The van der Waals surface area contributed by atoms with Gasteiger partial charge in [-0.05, 0) is 34.7 Å². The van der Waals surface area contributed by atoms with Crippen LogP contribution in [0.3, 0.4) is 0 Å². The van der Waals surface area contributed by atoms with Gasteiger partial charge in [0.05, 0.1) is 16.7 Å². The van der Waals surface area contributed by atoms with E-state index in [4.69, 9.17) is 0 Å². The molecule has 8 aromatic rings. The average Bonchev–Trinajstić information content (AvgIpc) is 3.49. The number of para-hydroxylation sites is 1. The van der Waals surface area contributed by atoms with E-state index in [0.29, 0.717) is 0 Å². The Labute approximate surface area is 212 Å². The lowest BCUT2D eigenvalue weighted by Crippen LogP contribution is -1.95. The molecule has 168 valence electrons. The van der Waals surface area contributed by atoms with E-state index in [1.807, 2.05) is 11.3 Å². The zero-order chi connectivity index (χ0) is 23.6. The summed E-state index contributed by atoms with van der Waals surface area (Å²) in [6.07, 6.45) is 0. The molecule has 0 spiro atoms. The summed E-state index contributed by atoms with van der Waals surface area (Å²) in [5.74, 6) is 0. The molecule has 0 atom stereocenters. The molecule has 0 unspecified atom stereocenters. The van der Waals surface area contributed by atoms with Gasteiger partial charge in [0, 0.05) is 36.3 Å². The third-order valence-corrected chi connectivity index (χ3v) is 8.59. The van der Waals surface area contributed by atoms with Crippen LogP contribution in [0.25, 0.3) is 69.6 Å². The van der Waals surface area contributed by atoms with Crippen molar-refractivity contribution >= 4 is 64.1 Å². The van der Waals surface area contributed by atoms with Crippen LogP contribution >= 0.6 is 11.3 Å². The molecule has 0 N–H and O–H groups in total. The van der Waals surface area contributed by atoms with Gasteiger partial charge >= 0.3 is 0 Å². The van der Waals surface area contributed by atoms with E-state index in [2.05, 4.69) is 132 Å². The summed E-state index contributed by atoms with van der Waals surface area (Å²) in [4.78, 5) is 0. The molecule has 2 heterocycles. The van der Waals surface area contributed by atoms with Gasteiger partial charge in [0.1, 0.15) is 0 Å². The van der Waals surface area contributed by atoms with E-state index < -0.39 is 0 Å². The van der Waals surface area contributed by atoms with Crippen LogP contribution in [0, 0.1) is 0 Å². The Morgan fingerprint density at radius 2 is 1.22 bits per heavy atom. The number of fused-ring (bicyclic) bond motifs is 8. The van der Waals surface area contributed by atoms with E-state index in [9.17, 15) is 0 Å². The number of benzene rings is 6. The standard InChI is InChI=1S/C34H21NS/c1-2-10-23(11-3-1)25-16-9-17-28-32-31(36-34(25)28)21-20-27-26-15-6-7-18-30(26)35(33(27)32)29-19-8-13-22-12-4-5-14-24(22)29/h1-21H. The Kier molecular flexibility index (Phi) is 4.16. The third-order valence-electron chi connectivity index (χ3n) is 7.39. The minimum atomic E-state index is 1.23. The van der Waals surface area contributed by atoms with Gasteiger partial charge in [0.25, 0.3) is 0 Å². The maximum absolute atomic E-state index is 2.50. The number of rotatable bonds is 2. The molecule has 6 aromatic carbocycles. The minimum absolute atomic E-state index is 1.23. The molecule has 0 aliphatic rings. The van der Waals surface area contributed by atoms with Gasteiger partial charge < -0.3 is 4.57 Å². The smallest absolute Gasteiger partial charge is 0.0634 e. The molecule has 2 heteroatoms. The van der Waals surface area contributed by atoms with Crippen molar-refractivity contribution in [2.75, 3.05) is 0 Å². The van der Waals surface area contributed by atoms with Crippen molar-refractivity contribution in [1.29, 1.82) is 0 Å². The Morgan fingerprint density at radius 1 is 0.500 bits per heavy atom. The fourth-order valence-corrected chi connectivity index (χ4v) is 7.08. The zero-order valence-corrected chi connectivity index (χ0v) is 20.3. The highest BCUT2D eigenvalue weighted by Crippen LogP contribution is 2.46. The monoisotopic (exact) mass is 475 g/mol. The van der Waals surface area contributed by atoms with Gasteiger partial charge in [-0.25, -0.2) is 0 Å². The molecule has 0 bridgehead atoms. The summed E-state index contributed by atoms with van der Waals surface area (Å²) in [6, 6.07) is 46.3. The second kappa shape index (κ2) is 7.55. The largest absolute Gasteiger partial charge is 0.308 e. The van der Waals surface area contributed by atoms with Crippen LogP contribution < -0.4 is 0 Å². The molecule has 0 radical (unpaired) electrons. The molecule has 0 fully saturated rings. The van der Waals surface area contributed by atoms with Crippen LogP contribution in [-0.4, -0.2) is 4.57 Å². The predicted octanol–water partition coefficient (Wildman–Crippen LogP) is 9.97. The number of nitrogens with zero attached hydrogens (tertiary/aromatic N) is 1. The molecule has 36 heavy (non-hydrogen) atoms. The summed E-state index contributed by atoms with van der Waals surface area (Å²) in [6.45, 7) is 0. The highest BCUT2D eigenvalue weighted by Gasteiger charge is 2.20. The van der Waals surface area contributed by atoms with Crippen molar-refractivity contribution in [3.8, 4) is 16.8 Å². The first-order chi connectivity index (χ1) is 17.9. The van der Waals surface area contributed by atoms with Crippen molar-refractivity contribution < 1.29 is 0 Å². The van der Waals surface area contributed by atoms with Gasteiger partial charge in [-0.15, -0.1) is 11.3 Å². The lowest BCUT2D eigenvalue weighted by atomic mass is 10.0. The number of aromatic nitrogens is 1. The zero-order valence-electron chi connectivity index (χ0n) is 19.5. The number of thiophene rings is 1. The lowest BCUT2D eigenvalue weighted by Gasteiger charge is -2.12. The average molecular weight is 476 g/mol. The van der Waals surface area contributed by atoms with E-state index in [1.165, 1.54) is 69.6 Å². The van der Waals surface area contributed by atoms with Crippen molar-refractivity contribution in [3.05, 3.63) is 127 Å². The Hall–Kier alpha value is -4.40. The summed E-state index contributed by atoms with van der Waals surface area (Å²) in [5.41, 5.74) is 6.33. The van der Waals surface area contributed by atoms with Crippen LogP contribution in [0.5, 0.6) is 0 Å². The van der Waals surface area contributed by atoms with E-state index >= 15 is 0 Å². The molecular formula is C34H21NS. The molecule has 0 saturated heterocycles. The van der Waals surface area contributed by atoms with Gasteiger partial charge in [0.15, 0.2) is 0 Å². The van der Waals surface area contributed by atoms with Gasteiger partial charge in [-0.3, -0.25) is 0 Å². The van der Waals surface area contributed by atoms with Crippen LogP contribution in [0.4, 0.5) is 0 Å². The van der Waals surface area contributed by atoms with Gasteiger partial charge in [-0.1, -0.05) is 109 Å². The lowest BCUT2D eigenvalue weighted by molar-refractivity contribution is 1.21. The number of hydrogen-bond donors (Lipinski definition) is 0. The van der Waals surface area contributed by atoms with Crippen molar-refractivity contribution in [1.82, 2.24) is 4.57 Å². The second-order valence-corrected chi connectivity index (χ2v) is 10.4. The van der Waals surface area contributed by atoms with E-state index in [-0.39, 0.29) is 0 Å². The third kappa shape index (κ3) is 2.71. The highest BCUT2D eigenvalue weighted by molar-refractivity contribution is 7.26. The molecule has 0 amide bonds. The van der Waals surface area contributed by atoms with Crippen molar-refractivity contribution in [2.24, 2.45) is 0 Å². The van der Waals surface area contributed by atoms with Crippen LogP contribution in [0.15, 0.2) is 127 Å². The summed E-state index contributed by atoms with van der Waals surface area (Å²) in [5, 5.41) is 7.79. The van der Waals surface area contributed by atoms with Crippen LogP contribution in [-0.2, 0) is 0 Å². The van der Waals surface area contributed by atoms with E-state index in [1.54, 1.807) is 0 Å². The molecule has 1 nitrogen and oxygen atoms in total. The molecule has 8 rings (SSSR count). The van der Waals surface area contributed by atoms with E-state index in [0.717, 1.165) is 0 Å². The second-order valence-electron chi connectivity index (χ2n) is 9.34.